The topological polar surface area (TPSA) is 45.2 Å². The second-order valence-corrected chi connectivity index (χ2v) is 13.4. The molecule has 4 rings (SSSR count). The molecule has 2 unspecified atom stereocenters. The fourth-order valence-electron chi connectivity index (χ4n) is 7.08. The average molecular weight is 563 g/mol. The molecule has 2 aliphatic rings. The number of carbonyl (C=O) groups excluding carboxylic acids is 1. The first-order valence-corrected chi connectivity index (χ1v) is 16.4. The highest BCUT2D eigenvalue weighted by atomic mass is 35.5. The number of fused-ring (bicyclic) bond motifs is 1. The zero-order chi connectivity index (χ0) is 28.3. The predicted molar refractivity (Wildman–Crippen MR) is 170 cm³/mol. The maximum atomic E-state index is 13.2. The minimum atomic E-state index is 0.187. The number of ketones is 1. The monoisotopic (exact) mass is 562 g/mol. The van der Waals surface area contributed by atoms with Gasteiger partial charge in [0.05, 0.1) is 0 Å². The third-order valence-electron chi connectivity index (χ3n) is 9.46. The van der Waals surface area contributed by atoms with E-state index < -0.39 is 0 Å². The largest absolute Gasteiger partial charge is 0.364 e. The lowest BCUT2D eigenvalue weighted by Gasteiger charge is -2.26. The molecule has 1 fully saturated rings. The van der Waals surface area contributed by atoms with Crippen molar-refractivity contribution < 1.29 is 4.79 Å². The van der Waals surface area contributed by atoms with Crippen LogP contribution in [0.1, 0.15) is 127 Å². The van der Waals surface area contributed by atoms with E-state index in [0.717, 1.165) is 61.8 Å². The fourth-order valence-corrected chi connectivity index (χ4v) is 7.29. The lowest BCUT2D eigenvalue weighted by Crippen LogP contribution is -2.21. The maximum absolute atomic E-state index is 13.2. The maximum Gasteiger partial charge on any atom is 0.136 e. The molecular weight excluding hydrogens is 512 g/mol. The molecule has 1 aliphatic heterocycles. The van der Waals surface area contributed by atoms with E-state index in [0.29, 0.717) is 17.6 Å². The van der Waals surface area contributed by atoms with Gasteiger partial charge >= 0.3 is 0 Å². The van der Waals surface area contributed by atoms with Gasteiger partial charge in [0.2, 0.25) is 0 Å². The van der Waals surface area contributed by atoms with Crippen LogP contribution in [0, 0.1) is 23.7 Å². The Morgan fingerprint density at radius 3 is 2.60 bits per heavy atom. The van der Waals surface area contributed by atoms with Crippen molar-refractivity contribution in [2.75, 3.05) is 0 Å². The highest BCUT2D eigenvalue weighted by molar-refractivity contribution is 6.30. The molecule has 218 valence electrons. The first-order chi connectivity index (χ1) is 19.4. The number of H-pyrrole nitrogens is 1. The number of nitrogens with zero attached hydrogens (tertiary/aromatic N) is 1. The number of Topliss-reactive ketones (excluding diaryl/α,β-unsaturated/α-hetero) is 1. The number of carbonyl (C=O) groups is 1. The van der Waals surface area contributed by atoms with Crippen molar-refractivity contribution in [3.05, 3.63) is 70.6 Å². The Morgan fingerprint density at radius 2 is 1.85 bits per heavy atom. The van der Waals surface area contributed by atoms with Crippen molar-refractivity contribution in [2.45, 2.75) is 117 Å². The minimum absolute atomic E-state index is 0.187. The highest BCUT2D eigenvalue weighted by Gasteiger charge is 2.24. The number of benzene rings is 1. The van der Waals surface area contributed by atoms with Gasteiger partial charge in [-0.3, -0.25) is 9.79 Å². The second-order valence-electron chi connectivity index (χ2n) is 12.9. The zero-order valence-electron chi connectivity index (χ0n) is 25.1. The van der Waals surface area contributed by atoms with Gasteiger partial charge in [-0.05, 0) is 80.0 Å². The van der Waals surface area contributed by atoms with Gasteiger partial charge < -0.3 is 4.98 Å². The molecule has 4 heteroatoms. The van der Waals surface area contributed by atoms with Crippen LogP contribution >= 0.6 is 11.6 Å². The molecule has 0 spiro atoms. The number of hydrogen-bond acceptors (Lipinski definition) is 2. The molecule has 0 bridgehead atoms. The van der Waals surface area contributed by atoms with Gasteiger partial charge in [0, 0.05) is 52.6 Å². The molecule has 2 heterocycles. The first kappa shape index (κ1) is 30.8. The van der Waals surface area contributed by atoms with Gasteiger partial charge in [-0.1, -0.05) is 95.5 Å². The number of aliphatic imine (C=N–C) groups is 1. The molecule has 1 N–H and O–H groups in total. The van der Waals surface area contributed by atoms with Crippen LogP contribution in [0.3, 0.4) is 0 Å². The summed E-state index contributed by atoms with van der Waals surface area (Å²) in [6.07, 6.45) is 22.4. The van der Waals surface area contributed by atoms with Crippen LogP contribution in [0.25, 0.3) is 0 Å². The van der Waals surface area contributed by atoms with E-state index in [2.05, 4.69) is 50.2 Å². The van der Waals surface area contributed by atoms with E-state index in [1.54, 1.807) is 0 Å². The fraction of sp³-hybridized carbons (Fsp3) is 0.611. The van der Waals surface area contributed by atoms with E-state index in [1.165, 1.54) is 67.5 Å². The molecule has 0 radical (unpaired) electrons. The Kier molecular flexibility index (Phi) is 12.1. The zero-order valence-corrected chi connectivity index (χ0v) is 25.9. The van der Waals surface area contributed by atoms with Gasteiger partial charge in [-0.2, -0.15) is 0 Å². The summed E-state index contributed by atoms with van der Waals surface area (Å²) >= 11 is 6.14. The van der Waals surface area contributed by atoms with E-state index in [1.807, 2.05) is 24.4 Å². The Morgan fingerprint density at radius 1 is 1.07 bits per heavy atom. The summed E-state index contributed by atoms with van der Waals surface area (Å²) in [6.45, 7) is 6.73. The van der Waals surface area contributed by atoms with E-state index in [-0.39, 0.29) is 5.92 Å². The Balaban J connectivity index is 1.18. The summed E-state index contributed by atoms with van der Waals surface area (Å²) in [6, 6.07) is 10.4. The van der Waals surface area contributed by atoms with Crippen LogP contribution in [-0.4, -0.2) is 16.5 Å². The van der Waals surface area contributed by atoms with Crippen molar-refractivity contribution in [1.82, 2.24) is 4.98 Å². The summed E-state index contributed by atoms with van der Waals surface area (Å²) in [5, 5.41) is 0.797. The quantitative estimate of drug-likeness (QED) is 0.274. The molecule has 3 nitrogen and oxygen atoms in total. The van der Waals surface area contributed by atoms with Gasteiger partial charge in [-0.25, -0.2) is 0 Å². The highest BCUT2D eigenvalue weighted by Crippen LogP contribution is 2.33. The molecule has 1 aromatic heterocycles. The molecule has 0 saturated heterocycles. The van der Waals surface area contributed by atoms with Crippen molar-refractivity contribution in [1.29, 1.82) is 0 Å². The summed E-state index contributed by atoms with van der Waals surface area (Å²) in [5.74, 6) is 3.11. The number of halogens is 1. The van der Waals surface area contributed by atoms with Crippen LogP contribution in [-0.2, 0) is 11.2 Å². The first-order valence-electron chi connectivity index (χ1n) is 16.1. The normalized spacial score (nSPS) is 23.3. The number of aromatic amines is 1. The SMILES string of the molecule is CC1C/C=C/N=C(CC2CCCC(CCCC(=O)C(CCCc3cccc(Cl)c3)C(C)C)CCC2)c2cc[nH]c21. The van der Waals surface area contributed by atoms with Gasteiger partial charge in [-0.15, -0.1) is 0 Å². The Hall–Kier alpha value is -2.13. The summed E-state index contributed by atoms with van der Waals surface area (Å²) in [5.41, 5.74) is 5.23. The van der Waals surface area contributed by atoms with Gasteiger partial charge in [0.15, 0.2) is 0 Å². The molecule has 1 aliphatic carbocycles. The minimum Gasteiger partial charge on any atom is -0.364 e. The lowest BCUT2D eigenvalue weighted by molar-refractivity contribution is -0.124. The van der Waals surface area contributed by atoms with Gasteiger partial charge in [0.25, 0.3) is 0 Å². The van der Waals surface area contributed by atoms with Crippen molar-refractivity contribution in [2.24, 2.45) is 28.7 Å². The number of nitrogens with one attached hydrogen (secondary N) is 1. The number of aromatic nitrogens is 1. The molecule has 40 heavy (non-hydrogen) atoms. The lowest BCUT2D eigenvalue weighted by atomic mass is 9.80. The molecule has 0 amide bonds. The molecule has 2 aromatic rings. The van der Waals surface area contributed by atoms with Crippen molar-refractivity contribution >= 4 is 23.1 Å². The van der Waals surface area contributed by atoms with E-state index in [4.69, 9.17) is 16.6 Å². The van der Waals surface area contributed by atoms with Crippen molar-refractivity contribution in [3.8, 4) is 0 Å². The summed E-state index contributed by atoms with van der Waals surface area (Å²) < 4.78 is 0. The smallest absolute Gasteiger partial charge is 0.136 e. The van der Waals surface area contributed by atoms with Crippen LogP contribution < -0.4 is 0 Å². The number of hydrogen-bond donors (Lipinski definition) is 1. The molecule has 2 atom stereocenters. The number of aryl methyl sites for hydroxylation is 1. The third kappa shape index (κ3) is 9.20. The molecule has 1 saturated carbocycles. The van der Waals surface area contributed by atoms with Crippen molar-refractivity contribution in [3.63, 3.8) is 0 Å². The predicted octanol–water partition coefficient (Wildman–Crippen LogP) is 10.5. The van der Waals surface area contributed by atoms with Crippen LogP contribution in [0.4, 0.5) is 0 Å². The molecular formula is C36H51ClN2O. The van der Waals surface area contributed by atoms with Crippen LogP contribution in [0.2, 0.25) is 5.02 Å². The Labute approximate surface area is 248 Å². The van der Waals surface area contributed by atoms with Crippen LogP contribution in [0.5, 0.6) is 0 Å². The van der Waals surface area contributed by atoms with Crippen LogP contribution in [0.15, 0.2) is 53.8 Å². The standard InChI is InChI=1S/C36H51ClN2O/c1-26(2)32(19-7-17-29-16-6-18-31(37)24-29)35(40)20-8-13-28-11-4-14-30(15-5-12-28)25-34-33-21-23-39-36(33)27(3)10-9-22-38-34/h6,9,16,18,21-24,26-28,30,32,39H,4-5,7-8,10-15,17,19-20,25H2,1-3H3/b22-9+,38-34?. The average Bonchev–Trinajstić information content (AvgIpc) is 3.39. The molecule has 1 aromatic carbocycles. The van der Waals surface area contributed by atoms with E-state index >= 15 is 0 Å². The Bertz CT molecular complexity index is 1120. The summed E-state index contributed by atoms with van der Waals surface area (Å²) in [4.78, 5) is 21.6. The van der Waals surface area contributed by atoms with E-state index in [9.17, 15) is 4.79 Å². The second kappa shape index (κ2) is 15.8. The summed E-state index contributed by atoms with van der Waals surface area (Å²) in [7, 11) is 0. The third-order valence-corrected chi connectivity index (χ3v) is 9.70. The number of allylic oxidation sites excluding steroid dienone is 1. The van der Waals surface area contributed by atoms with Gasteiger partial charge in [0.1, 0.15) is 5.78 Å². The number of rotatable bonds is 12.